The molecule has 0 fully saturated rings. The topological polar surface area (TPSA) is 26.3 Å². The highest BCUT2D eigenvalue weighted by atomic mass is 16.5. The van der Waals surface area contributed by atoms with Gasteiger partial charge in [0.15, 0.2) is 0 Å². The van der Waals surface area contributed by atoms with Crippen LogP contribution in [0.1, 0.15) is 196 Å². The Kier molecular flexibility index (Phi) is 29.1. The van der Waals surface area contributed by atoms with Crippen LogP contribution in [0.3, 0.4) is 0 Å². The van der Waals surface area contributed by atoms with Gasteiger partial charge in [-0.05, 0) is 62.2 Å². The summed E-state index contributed by atoms with van der Waals surface area (Å²) in [6.45, 7) is 14.8. The van der Waals surface area contributed by atoms with Gasteiger partial charge in [0.1, 0.15) is 0 Å². The van der Waals surface area contributed by atoms with Crippen molar-refractivity contribution >= 4 is 5.97 Å². The molecule has 0 N–H and O–H groups in total. The van der Waals surface area contributed by atoms with Crippen molar-refractivity contribution in [1.82, 2.24) is 0 Å². The molecule has 2 heteroatoms. The van der Waals surface area contributed by atoms with Gasteiger partial charge in [-0.25, -0.2) is 0 Å². The molecular weight excluding hydrogens is 488 g/mol. The Morgan fingerprint density at radius 2 is 0.950 bits per heavy atom. The molecule has 0 amide bonds. The second-order valence-corrected chi connectivity index (χ2v) is 13.8. The Bertz CT molecular complexity index is 552. The molecule has 0 saturated heterocycles. The molecule has 0 aromatic carbocycles. The Labute approximate surface area is 253 Å². The van der Waals surface area contributed by atoms with Gasteiger partial charge >= 0.3 is 5.97 Å². The summed E-state index contributed by atoms with van der Waals surface area (Å²) in [5, 5.41) is 0. The summed E-state index contributed by atoms with van der Waals surface area (Å²) in [6, 6.07) is 0. The van der Waals surface area contributed by atoms with E-state index in [-0.39, 0.29) is 5.97 Å². The Hall–Kier alpha value is -0.790. The van der Waals surface area contributed by atoms with Crippen LogP contribution in [0.2, 0.25) is 0 Å². The van der Waals surface area contributed by atoms with Gasteiger partial charge in [-0.3, -0.25) is 4.79 Å². The molecule has 0 aliphatic rings. The van der Waals surface area contributed by atoms with E-state index in [9.17, 15) is 4.79 Å². The molecule has 3 atom stereocenters. The molecule has 3 unspecified atom stereocenters. The highest BCUT2D eigenvalue weighted by Gasteiger charge is 2.09. The van der Waals surface area contributed by atoms with Crippen LogP contribution in [0, 0.1) is 23.7 Å². The third-order valence-electron chi connectivity index (χ3n) is 8.78. The standard InChI is InChI=1S/C38H74O2/c1-7-8-9-10-11-12-13-14-15-16-17-18-19-20-21-31-38(39)40-33-32-37(6)30-24-29-36(5)28-23-27-35(4)26-22-25-34(2)3/h14-15,34-37H,7-13,16-33H2,1-6H3/b15-14+. The Morgan fingerprint density at radius 1 is 0.525 bits per heavy atom. The maximum Gasteiger partial charge on any atom is 0.305 e. The van der Waals surface area contributed by atoms with Gasteiger partial charge in [-0.15, -0.1) is 0 Å². The van der Waals surface area contributed by atoms with Crippen LogP contribution in [0.4, 0.5) is 0 Å². The minimum Gasteiger partial charge on any atom is -0.466 e. The van der Waals surface area contributed by atoms with Crippen molar-refractivity contribution in [3.63, 3.8) is 0 Å². The van der Waals surface area contributed by atoms with Crippen LogP contribution in [-0.4, -0.2) is 12.6 Å². The van der Waals surface area contributed by atoms with E-state index in [0.717, 1.165) is 37.0 Å². The fourth-order valence-electron chi connectivity index (χ4n) is 5.72. The largest absolute Gasteiger partial charge is 0.466 e. The lowest BCUT2D eigenvalue weighted by Crippen LogP contribution is -2.09. The molecule has 0 radical (unpaired) electrons. The number of ether oxygens (including phenoxy) is 1. The van der Waals surface area contributed by atoms with E-state index < -0.39 is 0 Å². The van der Waals surface area contributed by atoms with Gasteiger partial charge in [0.25, 0.3) is 0 Å². The molecule has 0 saturated carbocycles. The highest BCUT2D eigenvalue weighted by molar-refractivity contribution is 5.69. The maximum atomic E-state index is 12.1. The van der Waals surface area contributed by atoms with Crippen molar-refractivity contribution < 1.29 is 9.53 Å². The van der Waals surface area contributed by atoms with Crippen LogP contribution in [0.25, 0.3) is 0 Å². The number of carbonyl (C=O) groups excluding carboxylic acids is 1. The molecule has 0 aromatic rings. The fourth-order valence-corrected chi connectivity index (χ4v) is 5.72. The number of carbonyl (C=O) groups is 1. The molecule has 0 aliphatic carbocycles. The first-order valence-corrected chi connectivity index (χ1v) is 18.2. The third kappa shape index (κ3) is 30.2. The number of hydrogen-bond donors (Lipinski definition) is 0. The molecule has 2 nitrogen and oxygen atoms in total. The average molecular weight is 563 g/mol. The van der Waals surface area contributed by atoms with Crippen LogP contribution < -0.4 is 0 Å². The van der Waals surface area contributed by atoms with Gasteiger partial charge in [0, 0.05) is 6.42 Å². The molecule has 0 rings (SSSR count). The van der Waals surface area contributed by atoms with Crippen molar-refractivity contribution in [3.8, 4) is 0 Å². The van der Waals surface area contributed by atoms with Crippen molar-refractivity contribution in [3.05, 3.63) is 12.2 Å². The summed E-state index contributed by atoms with van der Waals surface area (Å²) in [5.74, 6) is 3.26. The monoisotopic (exact) mass is 563 g/mol. The zero-order chi connectivity index (χ0) is 29.7. The molecule has 0 aromatic heterocycles. The number of rotatable bonds is 30. The van der Waals surface area contributed by atoms with E-state index >= 15 is 0 Å². The predicted octanol–water partition coefficient (Wildman–Crippen LogP) is 13.0. The first-order valence-electron chi connectivity index (χ1n) is 18.2. The summed E-state index contributed by atoms with van der Waals surface area (Å²) in [6.07, 6.45) is 35.4. The summed E-state index contributed by atoms with van der Waals surface area (Å²) in [4.78, 5) is 12.1. The molecular formula is C38H74O2. The first kappa shape index (κ1) is 39.2. The second kappa shape index (κ2) is 29.7. The van der Waals surface area contributed by atoms with Crippen molar-refractivity contribution in [2.24, 2.45) is 23.7 Å². The first-order chi connectivity index (χ1) is 19.3. The van der Waals surface area contributed by atoms with E-state index in [4.69, 9.17) is 4.74 Å². The van der Waals surface area contributed by atoms with Crippen LogP contribution in [0.5, 0.6) is 0 Å². The molecule has 40 heavy (non-hydrogen) atoms. The minimum absolute atomic E-state index is 0.0110. The zero-order valence-corrected chi connectivity index (χ0v) is 28.5. The Balaban J connectivity index is 3.49. The van der Waals surface area contributed by atoms with Crippen LogP contribution >= 0.6 is 0 Å². The van der Waals surface area contributed by atoms with E-state index in [1.54, 1.807) is 0 Å². The lowest BCUT2D eigenvalue weighted by Gasteiger charge is -2.16. The predicted molar refractivity (Wildman–Crippen MR) is 179 cm³/mol. The summed E-state index contributed by atoms with van der Waals surface area (Å²) < 4.78 is 5.53. The van der Waals surface area contributed by atoms with E-state index in [1.807, 2.05) is 0 Å². The minimum atomic E-state index is 0.0110. The molecule has 238 valence electrons. The summed E-state index contributed by atoms with van der Waals surface area (Å²) in [7, 11) is 0. The molecule has 0 bridgehead atoms. The normalized spacial score (nSPS) is 14.2. The summed E-state index contributed by atoms with van der Waals surface area (Å²) >= 11 is 0. The van der Waals surface area contributed by atoms with Gasteiger partial charge < -0.3 is 4.74 Å². The van der Waals surface area contributed by atoms with Gasteiger partial charge in [-0.1, -0.05) is 163 Å². The van der Waals surface area contributed by atoms with Crippen molar-refractivity contribution in [2.75, 3.05) is 6.61 Å². The zero-order valence-electron chi connectivity index (χ0n) is 28.5. The second-order valence-electron chi connectivity index (χ2n) is 13.8. The lowest BCUT2D eigenvalue weighted by molar-refractivity contribution is -0.144. The van der Waals surface area contributed by atoms with Gasteiger partial charge in [-0.2, -0.15) is 0 Å². The quantitative estimate of drug-likeness (QED) is 0.0494. The average Bonchev–Trinajstić information content (AvgIpc) is 2.90. The van der Waals surface area contributed by atoms with Crippen molar-refractivity contribution in [2.45, 2.75) is 196 Å². The lowest BCUT2D eigenvalue weighted by atomic mass is 9.91. The van der Waals surface area contributed by atoms with Crippen molar-refractivity contribution in [1.29, 1.82) is 0 Å². The molecule has 0 spiro atoms. The SMILES string of the molecule is CCCCCCCC/C=C/CCCCCCCC(=O)OCCC(C)CCCC(C)CCCC(C)CCCC(C)C. The van der Waals surface area contributed by atoms with E-state index in [0.29, 0.717) is 18.9 Å². The van der Waals surface area contributed by atoms with Gasteiger partial charge in [0.05, 0.1) is 6.61 Å². The number of esters is 1. The van der Waals surface area contributed by atoms with Gasteiger partial charge in [0.2, 0.25) is 0 Å². The molecule has 0 heterocycles. The fraction of sp³-hybridized carbons (Fsp3) is 0.921. The van der Waals surface area contributed by atoms with E-state index in [1.165, 1.54) is 128 Å². The Morgan fingerprint density at radius 3 is 1.45 bits per heavy atom. The summed E-state index contributed by atoms with van der Waals surface area (Å²) in [5.41, 5.74) is 0. The number of hydrogen-bond acceptors (Lipinski definition) is 2. The number of unbranched alkanes of at least 4 members (excludes halogenated alkanes) is 11. The maximum absolute atomic E-state index is 12.1. The van der Waals surface area contributed by atoms with E-state index in [2.05, 4.69) is 53.7 Å². The molecule has 0 aliphatic heterocycles. The van der Waals surface area contributed by atoms with Crippen LogP contribution in [-0.2, 0) is 9.53 Å². The third-order valence-corrected chi connectivity index (χ3v) is 8.78. The van der Waals surface area contributed by atoms with Crippen LogP contribution in [0.15, 0.2) is 12.2 Å². The number of allylic oxidation sites excluding steroid dienone is 2. The smallest absolute Gasteiger partial charge is 0.305 e. The highest BCUT2D eigenvalue weighted by Crippen LogP contribution is 2.22.